The number of thioether (sulfide) groups is 1. The number of aromatic nitrogens is 1. The lowest BCUT2D eigenvalue weighted by Gasteiger charge is -2.08. The van der Waals surface area contributed by atoms with Gasteiger partial charge in [-0.25, -0.2) is 8.78 Å². The van der Waals surface area contributed by atoms with Gasteiger partial charge in [0.1, 0.15) is 11.6 Å². The third-order valence-electron chi connectivity index (χ3n) is 2.42. The fraction of sp³-hybridized carbons (Fsp3) is 0.0769. The molecule has 0 aliphatic carbocycles. The Morgan fingerprint density at radius 1 is 1.32 bits per heavy atom. The summed E-state index contributed by atoms with van der Waals surface area (Å²) in [5.41, 5.74) is 0.279. The van der Waals surface area contributed by atoms with E-state index in [0.29, 0.717) is 11.6 Å². The van der Waals surface area contributed by atoms with Gasteiger partial charge in [0.2, 0.25) is 0 Å². The molecular formula is C13H10F2N2OS. The molecule has 0 aliphatic heterocycles. The second kappa shape index (κ2) is 5.79. The molecule has 0 fully saturated rings. The fourth-order valence-electron chi connectivity index (χ4n) is 1.51. The Balaban J connectivity index is 2.26. The van der Waals surface area contributed by atoms with Crippen LogP contribution in [0.1, 0.15) is 10.4 Å². The Kier molecular flexibility index (Phi) is 4.11. The van der Waals surface area contributed by atoms with Crippen LogP contribution in [0.25, 0.3) is 0 Å². The van der Waals surface area contributed by atoms with Gasteiger partial charge in [0.05, 0.1) is 11.3 Å². The second-order valence-corrected chi connectivity index (χ2v) is 4.50. The van der Waals surface area contributed by atoms with E-state index in [1.165, 1.54) is 24.0 Å². The van der Waals surface area contributed by atoms with E-state index in [2.05, 4.69) is 10.3 Å². The lowest BCUT2D eigenvalue weighted by Crippen LogP contribution is -2.14. The number of benzene rings is 1. The summed E-state index contributed by atoms with van der Waals surface area (Å²) < 4.78 is 26.2. The average molecular weight is 280 g/mol. The molecule has 3 nitrogen and oxygen atoms in total. The van der Waals surface area contributed by atoms with Crippen LogP contribution in [-0.2, 0) is 0 Å². The topological polar surface area (TPSA) is 42.0 Å². The summed E-state index contributed by atoms with van der Waals surface area (Å²) in [6, 6.07) is 4.67. The molecule has 1 heterocycles. The summed E-state index contributed by atoms with van der Waals surface area (Å²) >= 11 is 1.39. The minimum atomic E-state index is -0.817. The molecule has 0 aliphatic rings. The first-order chi connectivity index (χ1) is 9.11. The summed E-state index contributed by atoms with van der Waals surface area (Å²) in [5.74, 6) is -1.99. The highest BCUT2D eigenvalue weighted by Gasteiger charge is 2.13. The van der Waals surface area contributed by atoms with E-state index in [-0.39, 0.29) is 5.69 Å². The van der Waals surface area contributed by atoms with Gasteiger partial charge in [-0.2, -0.15) is 0 Å². The monoisotopic (exact) mass is 280 g/mol. The van der Waals surface area contributed by atoms with Crippen LogP contribution in [0.15, 0.2) is 41.6 Å². The van der Waals surface area contributed by atoms with Gasteiger partial charge in [-0.05, 0) is 24.5 Å². The van der Waals surface area contributed by atoms with Crippen LogP contribution in [0.2, 0.25) is 0 Å². The fourth-order valence-corrected chi connectivity index (χ4v) is 2.07. The third kappa shape index (κ3) is 3.08. The van der Waals surface area contributed by atoms with Crippen LogP contribution in [-0.4, -0.2) is 17.1 Å². The number of carbonyl (C=O) groups excluding carboxylic acids is 1. The molecule has 1 aromatic carbocycles. The number of amides is 1. The van der Waals surface area contributed by atoms with Gasteiger partial charge in [0, 0.05) is 23.4 Å². The molecule has 0 saturated heterocycles. The Morgan fingerprint density at radius 2 is 2.11 bits per heavy atom. The highest BCUT2D eigenvalue weighted by atomic mass is 32.2. The molecule has 2 aromatic rings. The molecule has 1 amide bonds. The number of nitrogens with zero attached hydrogens (tertiary/aromatic N) is 1. The maximum Gasteiger partial charge on any atom is 0.258 e. The normalized spacial score (nSPS) is 10.3. The largest absolute Gasteiger partial charge is 0.319 e. The number of hydrogen-bond donors (Lipinski definition) is 1. The number of halogens is 2. The Bertz CT molecular complexity index is 619. The summed E-state index contributed by atoms with van der Waals surface area (Å²) in [7, 11) is 0. The van der Waals surface area contributed by atoms with Crippen molar-refractivity contribution in [3.05, 3.63) is 53.9 Å². The highest BCUT2D eigenvalue weighted by Crippen LogP contribution is 2.21. The lowest BCUT2D eigenvalue weighted by atomic mass is 10.2. The number of nitrogens with one attached hydrogen (secondary N) is 1. The number of pyridine rings is 1. The van der Waals surface area contributed by atoms with Gasteiger partial charge in [-0.1, -0.05) is 0 Å². The first-order valence-electron chi connectivity index (χ1n) is 5.36. The van der Waals surface area contributed by atoms with Crippen molar-refractivity contribution in [1.82, 2.24) is 4.98 Å². The molecule has 0 spiro atoms. The molecule has 98 valence electrons. The Morgan fingerprint density at radius 3 is 2.79 bits per heavy atom. The van der Waals surface area contributed by atoms with Crippen molar-refractivity contribution in [3.63, 3.8) is 0 Å². The molecule has 0 saturated carbocycles. The average Bonchev–Trinajstić information content (AvgIpc) is 2.41. The molecule has 0 atom stereocenters. The SMILES string of the molecule is CSc1ccncc1C(=O)Nc1ccc(F)cc1F. The van der Waals surface area contributed by atoms with Crippen molar-refractivity contribution >= 4 is 23.4 Å². The standard InChI is InChI=1S/C13H10F2N2OS/c1-19-12-4-5-16-7-9(12)13(18)17-11-3-2-8(14)6-10(11)15/h2-7H,1H3,(H,17,18). The van der Waals surface area contributed by atoms with E-state index in [1.54, 1.807) is 12.3 Å². The lowest BCUT2D eigenvalue weighted by molar-refractivity contribution is 0.102. The minimum Gasteiger partial charge on any atom is -0.319 e. The van der Waals surface area contributed by atoms with Crippen LogP contribution in [0.3, 0.4) is 0 Å². The highest BCUT2D eigenvalue weighted by molar-refractivity contribution is 7.98. The van der Waals surface area contributed by atoms with Crippen LogP contribution in [0.4, 0.5) is 14.5 Å². The smallest absolute Gasteiger partial charge is 0.258 e. The number of carbonyl (C=O) groups is 1. The van der Waals surface area contributed by atoms with E-state index >= 15 is 0 Å². The maximum absolute atomic E-state index is 13.4. The van der Waals surface area contributed by atoms with Crippen LogP contribution in [0, 0.1) is 11.6 Å². The van der Waals surface area contributed by atoms with Gasteiger partial charge in [0.25, 0.3) is 5.91 Å². The minimum absolute atomic E-state index is 0.0673. The summed E-state index contributed by atoms with van der Waals surface area (Å²) in [6.07, 6.45) is 4.80. The van der Waals surface area contributed by atoms with Crippen molar-refractivity contribution in [2.45, 2.75) is 4.90 Å². The number of hydrogen-bond acceptors (Lipinski definition) is 3. The van der Waals surface area contributed by atoms with Crippen molar-refractivity contribution in [3.8, 4) is 0 Å². The Labute approximate surface area is 113 Å². The quantitative estimate of drug-likeness (QED) is 0.877. The first kappa shape index (κ1) is 13.5. The van der Waals surface area contributed by atoms with Crippen molar-refractivity contribution in [2.75, 3.05) is 11.6 Å². The van der Waals surface area contributed by atoms with E-state index in [0.717, 1.165) is 11.0 Å². The molecule has 0 bridgehead atoms. The summed E-state index contributed by atoms with van der Waals surface area (Å²) in [6.45, 7) is 0. The molecule has 1 N–H and O–H groups in total. The zero-order valence-electron chi connectivity index (χ0n) is 9.98. The van der Waals surface area contributed by atoms with Crippen molar-refractivity contribution in [2.24, 2.45) is 0 Å². The van der Waals surface area contributed by atoms with Gasteiger partial charge < -0.3 is 5.32 Å². The molecule has 6 heteroatoms. The predicted octanol–water partition coefficient (Wildman–Crippen LogP) is 3.33. The van der Waals surface area contributed by atoms with Crippen LogP contribution in [0.5, 0.6) is 0 Å². The van der Waals surface area contributed by atoms with E-state index in [4.69, 9.17) is 0 Å². The van der Waals surface area contributed by atoms with E-state index in [1.807, 2.05) is 6.26 Å². The van der Waals surface area contributed by atoms with Gasteiger partial charge >= 0.3 is 0 Å². The zero-order valence-corrected chi connectivity index (χ0v) is 10.8. The third-order valence-corrected chi connectivity index (χ3v) is 3.22. The van der Waals surface area contributed by atoms with Gasteiger partial charge in [0.15, 0.2) is 0 Å². The second-order valence-electron chi connectivity index (χ2n) is 3.65. The summed E-state index contributed by atoms with van der Waals surface area (Å²) in [5, 5.41) is 2.39. The molecular weight excluding hydrogens is 270 g/mol. The molecule has 1 aromatic heterocycles. The van der Waals surface area contributed by atoms with Gasteiger partial charge in [-0.15, -0.1) is 11.8 Å². The van der Waals surface area contributed by atoms with Crippen molar-refractivity contribution in [1.29, 1.82) is 0 Å². The van der Waals surface area contributed by atoms with E-state index in [9.17, 15) is 13.6 Å². The first-order valence-corrected chi connectivity index (χ1v) is 6.58. The van der Waals surface area contributed by atoms with Gasteiger partial charge in [-0.3, -0.25) is 9.78 Å². The Hall–Kier alpha value is -1.95. The molecule has 0 radical (unpaired) electrons. The zero-order chi connectivity index (χ0) is 13.8. The molecule has 19 heavy (non-hydrogen) atoms. The van der Waals surface area contributed by atoms with Crippen LogP contribution < -0.4 is 5.32 Å². The van der Waals surface area contributed by atoms with Crippen molar-refractivity contribution < 1.29 is 13.6 Å². The molecule has 0 unspecified atom stereocenters. The van der Waals surface area contributed by atoms with Crippen LogP contribution >= 0.6 is 11.8 Å². The number of anilines is 1. The number of rotatable bonds is 3. The predicted molar refractivity (Wildman–Crippen MR) is 70.3 cm³/mol. The molecule has 2 rings (SSSR count). The summed E-state index contributed by atoms with van der Waals surface area (Å²) in [4.78, 5) is 16.6. The van der Waals surface area contributed by atoms with E-state index < -0.39 is 17.5 Å². The maximum atomic E-state index is 13.4.